The maximum atomic E-state index is 14.6. The largest absolute Gasteiger partial charge is 0.481 e. The molecule has 0 saturated carbocycles. The summed E-state index contributed by atoms with van der Waals surface area (Å²) in [6.07, 6.45) is -1.41. The first-order valence-electron chi connectivity index (χ1n) is 21.9. The molecule has 0 aromatic rings. The van der Waals surface area contributed by atoms with Crippen LogP contribution in [0, 0.1) is 11.3 Å². The molecule has 3 fully saturated rings. The first-order chi connectivity index (χ1) is 32.9. The first-order valence-corrected chi connectivity index (χ1v) is 21.9. The van der Waals surface area contributed by atoms with Gasteiger partial charge in [-0.05, 0) is 57.3 Å². The van der Waals surface area contributed by atoms with E-state index in [0.717, 1.165) is 4.90 Å². The second-order valence-electron chi connectivity index (χ2n) is 16.5. The number of nitrogens with two attached hydrogens (primary N) is 1. The van der Waals surface area contributed by atoms with Gasteiger partial charge in [0, 0.05) is 44.8 Å². The van der Waals surface area contributed by atoms with Crippen LogP contribution in [0.25, 0.3) is 0 Å². The van der Waals surface area contributed by atoms with E-state index in [0.29, 0.717) is 6.42 Å². The van der Waals surface area contributed by atoms with Crippen molar-refractivity contribution in [2.45, 2.75) is 100 Å². The maximum absolute atomic E-state index is 14.6. The van der Waals surface area contributed by atoms with Gasteiger partial charge in [0.2, 0.25) is 29.5 Å². The number of aliphatic carboxylic acids is 3. The number of nitrogens with one attached hydrogen (secondary N) is 7. The number of rotatable bonds is 31. The van der Waals surface area contributed by atoms with Crippen molar-refractivity contribution in [1.29, 1.82) is 5.41 Å². The van der Waals surface area contributed by atoms with Crippen molar-refractivity contribution in [2.24, 2.45) is 11.7 Å². The summed E-state index contributed by atoms with van der Waals surface area (Å²) in [5.74, 6) is -9.51. The number of fused-ring (bicyclic) bond motifs is 1. The van der Waals surface area contributed by atoms with E-state index < -0.39 is 122 Å². The Balaban J connectivity index is 1.94. The zero-order chi connectivity index (χ0) is 51.0. The fraction of sp³-hybridized carbons (Fsp3) is 0.692. The molecular weight excluding hydrogens is 924 g/mol. The molecule has 0 radical (unpaired) electrons. The van der Waals surface area contributed by atoms with Gasteiger partial charge in [-0.3, -0.25) is 67.9 Å². The number of carboxylic acids is 3. The number of amides is 5. The molecule has 3 heterocycles. The smallest absolute Gasteiger partial charge is 0.317 e. The maximum Gasteiger partial charge on any atom is 0.317 e. The number of carbonyl (C=O) groups excluding carboxylic acids is 8. The van der Waals surface area contributed by atoms with Gasteiger partial charge in [0.05, 0.1) is 26.1 Å². The number of hydrogen-bond donors (Lipinski definition) is 12. The Morgan fingerprint density at radius 3 is 2.06 bits per heavy atom. The van der Waals surface area contributed by atoms with E-state index in [9.17, 15) is 73.3 Å². The molecule has 0 spiro atoms. The standard InChI is InChI=1S/C39H62N12O18/c40-39(41)42-7-1-2-26-35(62)43-15-29(55)44-27(14-31(56)57)36(63)46-34-23(13-25-4-5-28(37(64)45-26)51(25)38(34)65)12-24(47-66)3-6-30(69-22-54)50(10-8-48(16-32(58)59)17-33(60)61)11-9-49(18-67-20-52)19-68-21-53/h20-28,30,34,47,66H,1-19H2,(H,43,62)(H,44,55)(H,45,64)(H,46,63)(H,56,57)(H,58,59)(H,60,61)(H4,40,41,42)/t23-,24?,25+,26+,27+,28+,30-,34-/m1/s1. The van der Waals surface area contributed by atoms with Crippen LogP contribution in [0.3, 0.4) is 0 Å². The van der Waals surface area contributed by atoms with Crippen LogP contribution in [0.5, 0.6) is 0 Å². The van der Waals surface area contributed by atoms with Gasteiger partial charge in [0.1, 0.15) is 37.6 Å². The summed E-state index contributed by atoms with van der Waals surface area (Å²) < 4.78 is 15.0. The highest BCUT2D eigenvalue weighted by atomic mass is 16.6. The highest BCUT2D eigenvalue weighted by molar-refractivity contribution is 5.98. The summed E-state index contributed by atoms with van der Waals surface area (Å²) in [4.78, 5) is 143. The fourth-order valence-electron chi connectivity index (χ4n) is 8.52. The summed E-state index contributed by atoms with van der Waals surface area (Å²) in [6, 6.07) is -7.04. The van der Waals surface area contributed by atoms with E-state index in [1.165, 1.54) is 14.7 Å². The van der Waals surface area contributed by atoms with Gasteiger partial charge in [0.15, 0.2) is 12.2 Å². The third-order valence-electron chi connectivity index (χ3n) is 11.7. The van der Waals surface area contributed by atoms with Gasteiger partial charge < -0.3 is 72.0 Å². The van der Waals surface area contributed by atoms with Gasteiger partial charge in [-0.15, -0.1) is 0 Å². The lowest BCUT2D eigenvalue weighted by atomic mass is 9.81. The van der Waals surface area contributed by atoms with Crippen LogP contribution in [-0.2, 0) is 67.0 Å². The van der Waals surface area contributed by atoms with Crippen LogP contribution in [0.15, 0.2) is 0 Å². The average Bonchev–Trinajstić information content (AvgIpc) is 3.72. The number of carboxylic acid groups (broad SMARTS) is 3. The van der Waals surface area contributed by atoms with Crippen molar-refractivity contribution in [2.75, 3.05) is 65.8 Å². The van der Waals surface area contributed by atoms with Gasteiger partial charge >= 0.3 is 17.9 Å². The van der Waals surface area contributed by atoms with E-state index in [2.05, 4.69) is 32.1 Å². The number of nitrogens with zero attached hydrogens (tertiary/aromatic N) is 4. The van der Waals surface area contributed by atoms with E-state index in [1.54, 1.807) is 0 Å². The van der Waals surface area contributed by atoms with Crippen molar-refractivity contribution >= 4 is 72.8 Å². The lowest BCUT2D eigenvalue weighted by molar-refractivity contribution is -0.150. The molecule has 0 aromatic heterocycles. The monoisotopic (exact) mass is 986 g/mol. The first kappa shape index (κ1) is 56.6. The molecule has 5 amide bonds. The molecule has 1 unspecified atom stereocenters. The summed E-state index contributed by atoms with van der Waals surface area (Å²) in [7, 11) is 0. The van der Waals surface area contributed by atoms with Crippen LogP contribution in [0.1, 0.15) is 57.8 Å². The Bertz CT molecular complexity index is 1800. The molecule has 3 rings (SSSR count). The number of hydrogen-bond acceptors (Lipinski definition) is 20. The molecule has 30 nitrogen and oxygen atoms in total. The van der Waals surface area contributed by atoms with E-state index in [4.69, 9.17) is 25.4 Å². The molecule has 69 heavy (non-hydrogen) atoms. The summed E-state index contributed by atoms with van der Waals surface area (Å²) in [5.41, 5.74) is 7.53. The van der Waals surface area contributed by atoms with Crippen LogP contribution >= 0.6 is 0 Å². The summed E-state index contributed by atoms with van der Waals surface area (Å²) in [6.45, 7) is -2.46. The number of carbonyl (C=O) groups is 11. The van der Waals surface area contributed by atoms with Gasteiger partial charge in [-0.2, -0.15) is 0 Å². The van der Waals surface area contributed by atoms with Crippen molar-refractivity contribution in [3.63, 3.8) is 0 Å². The molecule has 386 valence electrons. The molecule has 0 aliphatic carbocycles. The van der Waals surface area contributed by atoms with E-state index in [-0.39, 0.29) is 117 Å². The van der Waals surface area contributed by atoms with E-state index >= 15 is 0 Å². The molecule has 3 saturated heterocycles. The summed E-state index contributed by atoms with van der Waals surface area (Å²) in [5, 5.41) is 58.8. The van der Waals surface area contributed by atoms with Crippen molar-refractivity contribution in [1.82, 2.24) is 51.7 Å². The second kappa shape index (κ2) is 29.2. The zero-order valence-corrected chi connectivity index (χ0v) is 37.7. The third-order valence-corrected chi connectivity index (χ3v) is 11.7. The van der Waals surface area contributed by atoms with Crippen LogP contribution in [0.4, 0.5) is 0 Å². The van der Waals surface area contributed by atoms with Crippen molar-refractivity contribution < 1.29 is 87.5 Å². The Morgan fingerprint density at radius 2 is 1.48 bits per heavy atom. The molecule has 30 heteroatoms. The lowest BCUT2D eigenvalue weighted by Gasteiger charge is -2.43. The lowest BCUT2D eigenvalue weighted by Crippen LogP contribution is -2.64. The molecule has 3 aliphatic rings. The minimum absolute atomic E-state index is 0.0149. The minimum atomic E-state index is -1.74. The molecular formula is C39H62N12O18. The van der Waals surface area contributed by atoms with Gasteiger partial charge in [-0.25, -0.2) is 10.4 Å². The number of hydroxylamine groups is 1. The second-order valence-corrected chi connectivity index (χ2v) is 16.5. The van der Waals surface area contributed by atoms with Crippen LogP contribution in [0.2, 0.25) is 0 Å². The topological polar surface area (TPSA) is 431 Å². The minimum Gasteiger partial charge on any atom is -0.481 e. The molecule has 13 N–H and O–H groups in total. The average molecular weight is 987 g/mol. The summed E-state index contributed by atoms with van der Waals surface area (Å²) >= 11 is 0. The van der Waals surface area contributed by atoms with Crippen LogP contribution in [-0.4, -0.2) is 221 Å². The highest BCUT2D eigenvalue weighted by Gasteiger charge is 2.51. The molecule has 0 aromatic carbocycles. The molecule has 2 bridgehead atoms. The predicted molar refractivity (Wildman–Crippen MR) is 229 cm³/mol. The molecule has 8 atom stereocenters. The van der Waals surface area contributed by atoms with Crippen molar-refractivity contribution in [3.05, 3.63) is 0 Å². The normalized spacial score (nSPS) is 22.7. The fourth-order valence-corrected chi connectivity index (χ4v) is 8.52. The van der Waals surface area contributed by atoms with Crippen molar-refractivity contribution in [3.8, 4) is 0 Å². The Labute approximate surface area is 394 Å². The Hall–Kier alpha value is -6.76. The SMILES string of the molecule is N=C(N)NCCC[C@@H]1NC(=O)[C@@H]2CC[C@H]3C[C@@H](CC(CC[C@@H](OC=O)N(CCN(COC=O)COC=O)CCN(CC(=O)O)CC(=O)O)NO)[C@@H](NC(=O)[C@H](CC(=O)O)NC(=O)CNC1=O)C(=O)N32. The van der Waals surface area contributed by atoms with Gasteiger partial charge in [-0.1, -0.05) is 0 Å². The van der Waals surface area contributed by atoms with E-state index in [1.807, 2.05) is 0 Å². The number of ether oxygens (including phenoxy) is 3. The highest BCUT2D eigenvalue weighted by Crippen LogP contribution is 2.38. The zero-order valence-electron chi connectivity index (χ0n) is 37.7. The molecule has 3 aliphatic heterocycles. The number of guanidine groups is 1. The third kappa shape index (κ3) is 19.0. The predicted octanol–water partition coefficient (Wildman–Crippen LogP) is -5.96. The Kier molecular flexibility index (Phi) is 23.9. The Morgan fingerprint density at radius 1 is 0.826 bits per heavy atom. The van der Waals surface area contributed by atoms with Gasteiger partial charge in [0.25, 0.3) is 19.4 Å². The van der Waals surface area contributed by atoms with Crippen LogP contribution < -0.4 is 37.8 Å². The number of piperidine rings is 1. The quantitative estimate of drug-likeness (QED) is 0.00585.